The number of aromatic carboxylic acids is 1. The van der Waals surface area contributed by atoms with Gasteiger partial charge in [0.2, 0.25) is 5.43 Å². The lowest BCUT2D eigenvalue weighted by Gasteiger charge is -2.23. The Morgan fingerprint density at radius 1 is 1.16 bits per heavy atom. The molecule has 0 saturated carbocycles. The normalized spacial score (nSPS) is 17.2. The van der Waals surface area contributed by atoms with Crippen molar-refractivity contribution in [3.8, 4) is 5.69 Å². The zero-order valence-electron chi connectivity index (χ0n) is 17.5. The molecule has 6 nitrogen and oxygen atoms in total. The number of carbonyl (C=O) groups is 1. The van der Waals surface area contributed by atoms with Crippen LogP contribution < -0.4 is 15.6 Å². The SMILES string of the molecule is CNC(C)C1CCN(c2cc3c(cc2F)c(=O)c(C(=O)O)cn3-c2ccc(F)cc2F)C1. The van der Waals surface area contributed by atoms with Crippen LogP contribution in [0.3, 0.4) is 0 Å². The Labute approximate surface area is 181 Å². The minimum Gasteiger partial charge on any atom is -0.477 e. The predicted octanol–water partition coefficient (Wildman–Crippen LogP) is 3.54. The average molecular weight is 445 g/mol. The molecule has 0 bridgehead atoms. The van der Waals surface area contributed by atoms with E-state index in [0.717, 1.165) is 35.4 Å². The van der Waals surface area contributed by atoms with Crippen LogP contribution in [0, 0.1) is 23.4 Å². The molecule has 2 unspecified atom stereocenters. The van der Waals surface area contributed by atoms with Crippen LogP contribution in [0.4, 0.5) is 18.9 Å². The van der Waals surface area contributed by atoms with Crippen LogP contribution in [-0.4, -0.2) is 41.8 Å². The van der Waals surface area contributed by atoms with Gasteiger partial charge in [0.15, 0.2) is 0 Å². The number of fused-ring (bicyclic) bond motifs is 1. The second-order valence-electron chi connectivity index (χ2n) is 8.04. The zero-order chi connectivity index (χ0) is 23.2. The highest BCUT2D eigenvalue weighted by Gasteiger charge is 2.29. The van der Waals surface area contributed by atoms with Crippen molar-refractivity contribution < 1.29 is 23.1 Å². The minimum absolute atomic E-state index is 0.132. The molecule has 1 aliphatic rings. The van der Waals surface area contributed by atoms with Gasteiger partial charge in [-0.2, -0.15) is 0 Å². The lowest BCUT2D eigenvalue weighted by Crippen LogP contribution is -2.32. The van der Waals surface area contributed by atoms with E-state index in [1.54, 1.807) is 0 Å². The summed E-state index contributed by atoms with van der Waals surface area (Å²) < 4.78 is 44.3. The van der Waals surface area contributed by atoms with E-state index in [1.807, 2.05) is 18.9 Å². The molecule has 1 aliphatic heterocycles. The molecule has 2 N–H and O–H groups in total. The van der Waals surface area contributed by atoms with Crippen molar-refractivity contribution in [1.82, 2.24) is 9.88 Å². The van der Waals surface area contributed by atoms with Gasteiger partial charge in [-0.05, 0) is 50.6 Å². The van der Waals surface area contributed by atoms with Crippen molar-refractivity contribution in [1.29, 1.82) is 0 Å². The number of halogens is 3. The van der Waals surface area contributed by atoms with E-state index in [1.165, 1.54) is 6.07 Å². The number of hydrogen-bond acceptors (Lipinski definition) is 4. The number of carboxylic acids is 1. The predicted molar refractivity (Wildman–Crippen MR) is 115 cm³/mol. The highest BCUT2D eigenvalue weighted by molar-refractivity contribution is 5.94. The Morgan fingerprint density at radius 3 is 2.53 bits per heavy atom. The largest absolute Gasteiger partial charge is 0.477 e. The standard InChI is InChI=1S/C23H22F3N3O3/c1-12(27-2)13-5-6-28(10-13)21-9-20-15(8-18(21)26)22(30)16(23(31)32)11-29(20)19-4-3-14(24)7-17(19)25/h3-4,7-9,11-13,27H,5-6,10H2,1-2H3,(H,31,32). The number of rotatable bonds is 5. The molecule has 2 heterocycles. The first-order chi connectivity index (χ1) is 15.2. The summed E-state index contributed by atoms with van der Waals surface area (Å²) in [6.45, 7) is 3.24. The number of carboxylic acid groups (broad SMARTS) is 1. The molecule has 2 atom stereocenters. The first kappa shape index (κ1) is 21.9. The molecule has 1 aromatic heterocycles. The topological polar surface area (TPSA) is 74.6 Å². The van der Waals surface area contributed by atoms with E-state index >= 15 is 4.39 Å². The molecule has 2 aromatic carbocycles. The van der Waals surface area contributed by atoms with Crippen LogP contribution in [0.15, 0.2) is 41.3 Å². The number of hydrogen-bond donors (Lipinski definition) is 2. The van der Waals surface area contributed by atoms with Crippen LogP contribution in [0.2, 0.25) is 0 Å². The smallest absolute Gasteiger partial charge is 0.341 e. The number of benzene rings is 2. The van der Waals surface area contributed by atoms with E-state index in [-0.39, 0.29) is 28.3 Å². The third-order valence-corrected chi connectivity index (χ3v) is 6.20. The summed E-state index contributed by atoms with van der Waals surface area (Å²) in [6, 6.07) is 5.47. The maximum absolute atomic E-state index is 15.1. The van der Waals surface area contributed by atoms with E-state index in [0.29, 0.717) is 25.1 Å². The van der Waals surface area contributed by atoms with E-state index in [4.69, 9.17) is 0 Å². The third-order valence-electron chi connectivity index (χ3n) is 6.20. The molecule has 4 rings (SSSR count). The summed E-state index contributed by atoms with van der Waals surface area (Å²) >= 11 is 0. The number of nitrogens with one attached hydrogen (secondary N) is 1. The van der Waals surface area contributed by atoms with Gasteiger partial charge < -0.3 is 19.9 Å². The van der Waals surface area contributed by atoms with Gasteiger partial charge in [0.05, 0.1) is 16.9 Å². The fourth-order valence-corrected chi connectivity index (χ4v) is 4.25. The minimum atomic E-state index is -1.53. The lowest BCUT2D eigenvalue weighted by atomic mass is 10.0. The molecule has 32 heavy (non-hydrogen) atoms. The number of nitrogens with zero attached hydrogens (tertiary/aromatic N) is 2. The molecule has 168 valence electrons. The molecule has 1 saturated heterocycles. The highest BCUT2D eigenvalue weighted by atomic mass is 19.1. The molecule has 3 aromatic rings. The molecule has 0 radical (unpaired) electrons. The Balaban J connectivity index is 1.94. The first-order valence-corrected chi connectivity index (χ1v) is 10.2. The quantitative estimate of drug-likeness (QED) is 0.629. The number of anilines is 1. The highest BCUT2D eigenvalue weighted by Crippen LogP contribution is 2.32. The van der Waals surface area contributed by atoms with Crippen molar-refractivity contribution in [3.05, 3.63) is 69.8 Å². The summed E-state index contributed by atoms with van der Waals surface area (Å²) in [6.07, 6.45) is 1.83. The Hall–Kier alpha value is -3.33. The molecule has 1 fully saturated rings. The number of aromatic nitrogens is 1. The fourth-order valence-electron chi connectivity index (χ4n) is 4.25. The van der Waals surface area contributed by atoms with Crippen LogP contribution in [-0.2, 0) is 0 Å². The molecule has 0 spiro atoms. The molecule has 0 aliphatic carbocycles. The lowest BCUT2D eigenvalue weighted by molar-refractivity contribution is 0.0695. The first-order valence-electron chi connectivity index (χ1n) is 10.2. The monoisotopic (exact) mass is 445 g/mol. The van der Waals surface area contributed by atoms with Crippen molar-refractivity contribution in [3.63, 3.8) is 0 Å². The van der Waals surface area contributed by atoms with Crippen molar-refractivity contribution in [2.75, 3.05) is 25.0 Å². The van der Waals surface area contributed by atoms with Crippen molar-refractivity contribution >= 4 is 22.6 Å². The van der Waals surface area contributed by atoms with E-state index in [9.17, 15) is 23.5 Å². The maximum Gasteiger partial charge on any atom is 0.341 e. The summed E-state index contributed by atoms with van der Waals surface area (Å²) in [5.41, 5.74) is -1.30. The maximum atomic E-state index is 15.1. The Bertz CT molecular complexity index is 1270. The average Bonchev–Trinajstić information content (AvgIpc) is 3.23. The van der Waals surface area contributed by atoms with Gasteiger partial charge >= 0.3 is 5.97 Å². The van der Waals surface area contributed by atoms with Crippen LogP contribution in [0.5, 0.6) is 0 Å². The summed E-state index contributed by atoms with van der Waals surface area (Å²) in [7, 11) is 1.86. The summed E-state index contributed by atoms with van der Waals surface area (Å²) in [5, 5.41) is 12.4. The Kier molecular flexibility index (Phi) is 5.68. The zero-order valence-corrected chi connectivity index (χ0v) is 17.5. The molecular weight excluding hydrogens is 423 g/mol. The van der Waals surface area contributed by atoms with Gasteiger partial charge in [-0.1, -0.05) is 0 Å². The molecule has 0 amide bonds. The third kappa shape index (κ3) is 3.73. The van der Waals surface area contributed by atoms with Crippen molar-refractivity contribution in [2.24, 2.45) is 5.92 Å². The summed E-state index contributed by atoms with van der Waals surface area (Å²) in [4.78, 5) is 26.2. The van der Waals surface area contributed by atoms with Gasteiger partial charge in [0, 0.05) is 36.8 Å². The van der Waals surface area contributed by atoms with Gasteiger partial charge in [-0.3, -0.25) is 4.79 Å². The molecular formula is C23H22F3N3O3. The Morgan fingerprint density at radius 2 is 1.88 bits per heavy atom. The van der Waals surface area contributed by atoms with E-state index < -0.39 is 34.4 Å². The van der Waals surface area contributed by atoms with Crippen molar-refractivity contribution in [2.45, 2.75) is 19.4 Å². The second-order valence-corrected chi connectivity index (χ2v) is 8.04. The van der Waals surface area contributed by atoms with Gasteiger partial charge in [0.1, 0.15) is 23.0 Å². The summed E-state index contributed by atoms with van der Waals surface area (Å²) in [5.74, 6) is -3.65. The second kappa shape index (κ2) is 8.31. The number of pyridine rings is 1. The van der Waals surface area contributed by atoms with E-state index in [2.05, 4.69) is 5.32 Å². The molecule has 9 heteroatoms. The fraction of sp³-hybridized carbons (Fsp3) is 0.304. The van der Waals surface area contributed by atoms with Crippen LogP contribution in [0.1, 0.15) is 23.7 Å². The van der Waals surface area contributed by atoms with Gasteiger partial charge in [-0.25, -0.2) is 18.0 Å². The van der Waals surface area contributed by atoms with Crippen LogP contribution in [0.25, 0.3) is 16.6 Å². The van der Waals surface area contributed by atoms with Gasteiger partial charge in [-0.15, -0.1) is 0 Å². The van der Waals surface area contributed by atoms with Crippen LogP contribution >= 0.6 is 0 Å². The van der Waals surface area contributed by atoms with Gasteiger partial charge in [0.25, 0.3) is 0 Å².